The van der Waals surface area contributed by atoms with E-state index in [9.17, 15) is 9.59 Å². The first-order valence-corrected chi connectivity index (χ1v) is 19.3. The van der Waals surface area contributed by atoms with Crippen LogP contribution in [0.25, 0.3) is 11.1 Å². The molecule has 12 heteroatoms. The average Bonchev–Trinajstić information content (AvgIpc) is 3.81. The molecule has 2 saturated heterocycles. The molecule has 2 atom stereocenters. The van der Waals surface area contributed by atoms with E-state index in [0.29, 0.717) is 31.8 Å². The first-order chi connectivity index (χ1) is 21.8. The Morgan fingerprint density at radius 1 is 0.696 bits per heavy atom. The van der Waals surface area contributed by atoms with E-state index in [2.05, 4.69) is 64.1 Å². The number of hydrogen-bond donors (Lipinski definition) is 0. The fourth-order valence-electron chi connectivity index (χ4n) is 7.29. The van der Waals surface area contributed by atoms with Gasteiger partial charge in [-0.15, -0.1) is 22.7 Å². The third-order valence-corrected chi connectivity index (χ3v) is 14.6. The standard InChI is InChI=1S/C34H30N4O2S6/c1-7-37-29(39)27(45-31(37)41)35-23-13-21-25(43-23)17-9-15-12-20-18(10-16(15)11-19(17)33(21,3)4)26-22(34(20,5)6)14-24(44-26)36-28-30(40)38(8-2)32(42)46-28/h9-16H,7-8H2,1-6H3. The monoisotopic (exact) mass is 718 g/mol. The molecule has 2 amide bonds. The number of thiophene rings is 2. The van der Waals surface area contributed by atoms with Crippen molar-refractivity contribution in [3.8, 4) is 0 Å². The summed E-state index contributed by atoms with van der Waals surface area (Å²) in [6, 6.07) is 4.33. The molecular weight excluding hydrogens is 689 g/mol. The molecule has 0 N–H and O–H groups in total. The van der Waals surface area contributed by atoms with E-state index in [1.165, 1.54) is 66.7 Å². The lowest BCUT2D eigenvalue weighted by molar-refractivity contribution is -0.120. The van der Waals surface area contributed by atoms with Gasteiger partial charge in [0.25, 0.3) is 11.8 Å². The van der Waals surface area contributed by atoms with Crippen LogP contribution in [0.15, 0.2) is 57.6 Å². The highest BCUT2D eigenvalue weighted by molar-refractivity contribution is 8.35. The number of amides is 2. The molecule has 0 spiro atoms. The van der Waals surface area contributed by atoms with Crippen LogP contribution in [0, 0.1) is 11.8 Å². The van der Waals surface area contributed by atoms with E-state index in [0.717, 1.165) is 10.0 Å². The van der Waals surface area contributed by atoms with Crippen molar-refractivity contribution in [2.45, 2.75) is 52.4 Å². The van der Waals surface area contributed by atoms with Gasteiger partial charge in [-0.1, -0.05) is 76.4 Å². The number of fused-ring (bicyclic) bond motifs is 7. The molecule has 6 aliphatic rings. The number of carbonyl (C=O) groups excluding carboxylic acids is 2. The lowest BCUT2D eigenvalue weighted by atomic mass is 9.70. The van der Waals surface area contributed by atoms with Gasteiger partial charge < -0.3 is 0 Å². The van der Waals surface area contributed by atoms with E-state index in [4.69, 9.17) is 34.4 Å². The Balaban J connectivity index is 1.13. The Morgan fingerprint density at radius 3 is 1.43 bits per heavy atom. The van der Waals surface area contributed by atoms with Crippen molar-refractivity contribution in [2.24, 2.45) is 21.8 Å². The van der Waals surface area contributed by atoms with Crippen LogP contribution in [0.1, 0.15) is 62.4 Å². The zero-order valence-electron chi connectivity index (χ0n) is 26.1. The van der Waals surface area contributed by atoms with Crippen LogP contribution in [0.2, 0.25) is 0 Å². The smallest absolute Gasteiger partial charge is 0.285 e. The van der Waals surface area contributed by atoms with Gasteiger partial charge in [0.1, 0.15) is 18.6 Å². The van der Waals surface area contributed by atoms with Gasteiger partial charge in [-0.2, -0.15) is 0 Å². The zero-order valence-corrected chi connectivity index (χ0v) is 31.0. The van der Waals surface area contributed by atoms with Crippen LogP contribution in [0.5, 0.6) is 0 Å². The molecule has 2 unspecified atom stereocenters. The molecule has 2 aromatic rings. The van der Waals surface area contributed by atoms with Crippen LogP contribution in [-0.2, 0) is 20.4 Å². The molecule has 2 aromatic heterocycles. The molecule has 0 radical (unpaired) electrons. The van der Waals surface area contributed by atoms with Crippen molar-refractivity contribution in [1.29, 1.82) is 0 Å². The van der Waals surface area contributed by atoms with Crippen LogP contribution in [0.3, 0.4) is 0 Å². The van der Waals surface area contributed by atoms with E-state index in [1.807, 2.05) is 13.8 Å². The average molecular weight is 719 g/mol. The molecule has 2 aliphatic heterocycles. The summed E-state index contributed by atoms with van der Waals surface area (Å²) in [6.45, 7) is 14.1. The van der Waals surface area contributed by atoms with Crippen molar-refractivity contribution in [3.63, 3.8) is 0 Å². The van der Waals surface area contributed by atoms with E-state index in [-0.39, 0.29) is 34.5 Å². The Labute approximate surface area is 295 Å². The highest BCUT2D eigenvalue weighted by Gasteiger charge is 2.47. The molecule has 6 nitrogen and oxygen atoms in total. The van der Waals surface area contributed by atoms with Crippen LogP contribution in [-0.4, -0.2) is 53.4 Å². The van der Waals surface area contributed by atoms with Crippen LogP contribution in [0.4, 0.5) is 10.0 Å². The van der Waals surface area contributed by atoms with Gasteiger partial charge in [-0.3, -0.25) is 19.4 Å². The summed E-state index contributed by atoms with van der Waals surface area (Å²) in [5.41, 5.74) is 7.49. The van der Waals surface area contributed by atoms with Gasteiger partial charge in [0.05, 0.1) is 0 Å². The Kier molecular flexibility index (Phi) is 7.04. The number of hydrogen-bond acceptors (Lipinski definition) is 10. The second kappa shape index (κ2) is 10.5. The minimum Gasteiger partial charge on any atom is -0.292 e. The van der Waals surface area contributed by atoms with Crippen LogP contribution >= 0.6 is 70.6 Å². The first kappa shape index (κ1) is 30.8. The van der Waals surface area contributed by atoms with Crippen molar-refractivity contribution in [2.75, 3.05) is 13.1 Å². The SMILES string of the molecule is CCN1C(=O)C(=Nc2cc3c(s2)C2=CC4C=C5C(=CC4C=C2C3(C)C)c2sc(N=C3SC(=S)N(CC)C3=O)cc2C5(C)C)SC1=S. The summed E-state index contributed by atoms with van der Waals surface area (Å²) in [6.07, 6.45) is 9.85. The molecular formula is C34H30N4O2S6. The maximum atomic E-state index is 12.8. The van der Waals surface area contributed by atoms with E-state index < -0.39 is 0 Å². The summed E-state index contributed by atoms with van der Waals surface area (Å²) in [5.74, 6) is 0.292. The Hall–Kier alpha value is -2.48. The quantitative estimate of drug-likeness (QED) is 0.295. The number of thioether (sulfide) groups is 2. The van der Waals surface area contributed by atoms with Crippen molar-refractivity contribution in [3.05, 3.63) is 68.5 Å². The number of allylic oxidation sites excluding steroid dienone is 8. The Bertz CT molecular complexity index is 1890. The third kappa shape index (κ3) is 4.33. The molecule has 0 bridgehead atoms. The minimum atomic E-state index is -0.175. The topological polar surface area (TPSA) is 65.3 Å². The minimum absolute atomic E-state index is 0.104. The summed E-state index contributed by atoms with van der Waals surface area (Å²) in [5, 5.41) is 2.61. The maximum absolute atomic E-state index is 12.8. The predicted molar refractivity (Wildman–Crippen MR) is 203 cm³/mol. The fraction of sp³-hybridized carbons (Fsp3) is 0.353. The van der Waals surface area contributed by atoms with Gasteiger partial charge in [-0.05, 0) is 82.9 Å². The van der Waals surface area contributed by atoms with Crippen molar-refractivity contribution in [1.82, 2.24) is 9.80 Å². The van der Waals surface area contributed by atoms with E-state index in [1.54, 1.807) is 32.5 Å². The molecule has 46 heavy (non-hydrogen) atoms. The molecule has 2 fully saturated rings. The van der Waals surface area contributed by atoms with Gasteiger partial charge >= 0.3 is 0 Å². The van der Waals surface area contributed by atoms with Gasteiger partial charge in [0.15, 0.2) is 10.1 Å². The summed E-state index contributed by atoms with van der Waals surface area (Å²) in [4.78, 5) is 40.9. The summed E-state index contributed by atoms with van der Waals surface area (Å²) in [7, 11) is 0. The van der Waals surface area contributed by atoms with Crippen molar-refractivity contribution >= 4 is 122 Å². The summed E-state index contributed by atoms with van der Waals surface area (Å²) < 4.78 is 1.15. The number of nitrogens with zero attached hydrogens (tertiary/aromatic N) is 4. The first-order valence-electron chi connectivity index (χ1n) is 15.3. The normalized spacial score (nSPS) is 27.1. The molecule has 0 saturated carbocycles. The molecule has 4 heterocycles. The number of rotatable bonds is 4. The number of aliphatic imine (C=N–C) groups is 2. The third-order valence-electron chi connectivity index (χ3n) is 9.80. The van der Waals surface area contributed by atoms with E-state index >= 15 is 0 Å². The van der Waals surface area contributed by atoms with Gasteiger partial charge in [0.2, 0.25) is 0 Å². The molecule has 4 aliphatic carbocycles. The highest BCUT2D eigenvalue weighted by atomic mass is 32.2. The number of carbonyl (C=O) groups is 2. The second-order valence-corrected chi connectivity index (χ2v) is 18.4. The van der Waals surface area contributed by atoms with Gasteiger partial charge in [-0.25, -0.2) is 9.98 Å². The Morgan fingerprint density at radius 2 is 1.09 bits per heavy atom. The van der Waals surface area contributed by atoms with Gasteiger partial charge in [0, 0.05) is 45.5 Å². The predicted octanol–water partition coefficient (Wildman–Crippen LogP) is 8.79. The number of thiocarbonyl (C=S) groups is 2. The summed E-state index contributed by atoms with van der Waals surface area (Å²) >= 11 is 16.7. The maximum Gasteiger partial charge on any atom is 0.285 e. The zero-order chi connectivity index (χ0) is 32.4. The largest absolute Gasteiger partial charge is 0.292 e. The van der Waals surface area contributed by atoms with Crippen LogP contribution < -0.4 is 0 Å². The lowest BCUT2D eigenvalue weighted by Crippen LogP contribution is -2.29. The molecule has 8 rings (SSSR count). The molecule has 0 aromatic carbocycles. The molecule has 234 valence electrons. The fourth-order valence-corrected chi connectivity index (χ4v) is 12.4. The highest BCUT2D eigenvalue weighted by Crippen LogP contribution is 2.61. The second-order valence-electron chi connectivity index (χ2n) is 13.0. The van der Waals surface area contributed by atoms with Crippen molar-refractivity contribution < 1.29 is 9.59 Å². The lowest BCUT2D eigenvalue weighted by Gasteiger charge is -2.33.